The Labute approximate surface area is 149 Å². The summed E-state index contributed by atoms with van der Waals surface area (Å²) < 4.78 is 0.994. The molecule has 1 aromatic carbocycles. The van der Waals surface area contributed by atoms with E-state index < -0.39 is 0 Å². The van der Waals surface area contributed by atoms with Crippen molar-refractivity contribution in [2.45, 2.75) is 30.7 Å². The van der Waals surface area contributed by atoms with Gasteiger partial charge in [0.25, 0.3) is 0 Å². The van der Waals surface area contributed by atoms with Gasteiger partial charge in [-0.3, -0.25) is 4.98 Å². The smallest absolute Gasteiger partial charge is 0.127 e. The lowest BCUT2D eigenvalue weighted by atomic mass is 9.87. The second-order valence-corrected chi connectivity index (χ2v) is 7.52. The van der Waals surface area contributed by atoms with E-state index in [1.165, 1.54) is 34.9 Å². The van der Waals surface area contributed by atoms with Gasteiger partial charge in [0, 0.05) is 10.9 Å². The Morgan fingerprint density at radius 1 is 0.958 bits per heavy atom. The van der Waals surface area contributed by atoms with E-state index in [1.807, 2.05) is 6.07 Å². The summed E-state index contributed by atoms with van der Waals surface area (Å²) >= 11 is 7.04. The molecule has 0 saturated heterocycles. The van der Waals surface area contributed by atoms with Crippen molar-refractivity contribution in [3.8, 4) is 11.3 Å². The quantitative estimate of drug-likeness (QED) is 0.369. The van der Waals surface area contributed by atoms with Crippen LogP contribution in [0.1, 0.15) is 24.0 Å². The summed E-state index contributed by atoms with van der Waals surface area (Å²) in [6, 6.07) is 10.5. The largest absolute Gasteiger partial charge is 0.759 e. The molecule has 0 saturated carbocycles. The van der Waals surface area contributed by atoms with Crippen LogP contribution in [0.25, 0.3) is 31.7 Å². The number of thiophene rings is 1. The van der Waals surface area contributed by atoms with Gasteiger partial charge in [0.15, 0.2) is 0 Å². The van der Waals surface area contributed by atoms with Crippen molar-refractivity contribution in [3.05, 3.63) is 47.8 Å². The van der Waals surface area contributed by atoms with Gasteiger partial charge in [0.05, 0.1) is 15.9 Å². The molecule has 0 unspecified atom stereocenters. The topological polar surface area (TPSA) is 38.7 Å². The van der Waals surface area contributed by atoms with Crippen LogP contribution < -0.4 is 0 Å². The lowest BCUT2D eigenvalue weighted by molar-refractivity contribution is 0.689. The number of fused-ring (bicyclic) bond motifs is 5. The Bertz CT molecular complexity index is 1070. The van der Waals surface area contributed by atoms with Gasteiger partial charge in [-0.1, -0.05) is 35.4 Å². The molecule has 5 heteroatoms. The van der Waals surface area contributed by atoms with Crippen molar-refractivity contribution in [1.29, 1.82) is 0 Å². The summed E-state index contributed by atoms with van der Waals surface area (Å²) in [6.07, 6.45) is 6.21. The molecule has 118 valence electrons. The van der Waals surface area contributed by atoms with E-state index in [0.717, 1.165) is 33.6 Å². The highest BCUT2D eigenvalue weighted by Crippen LogP contribution is 2.41. The Morgan fingerprint density at radius 3 is 2.58 bits per heavy atom. The first-order valence-corrected chi connectivity index (χ1v) is 9.37. The zero-order chi connectivity index (χ0) is 16.1. The van der Waals surface area contributed by atoms with Crippen molar-refractivity contribution < 1.29 is 0 Å². The minimum Gasteiger partial charge on any atom is -0.759 e. The first-order valence-electron chi connectivity index (χ1n) is 8.14. The van der Waals surface area contributed by atoms with Crippen molar-refractivity contribution >= 4 is 44.4 Å². The number of hydrogen-bond acceptors (Lipinski definition) is 5. The fraction of sp³-hybridized carbons (Fsp3) is 0.211. The number of aromatic nitrogens is 3. The molecule has 3 heterocycles. The van der Waals surface area contributed by atoms with E-state index in [0.29, 0.717) is 5.03 Å². The normalized spacial score (nSPS) is 14.2. The summed E-state index contributed by atoms with van der Waals surface area (Å²) in [5.41, 5.74) is 6.12. The number of aryl methyl sites for hydroxylation is 1. The predicted molar refractivity (Wildman–Crippen MR) is 100 cm³/mol. The predicted octanol–water partition coefficient (Wildman–Crippen LogP) is 4.69. The fourth-order valence-corrected chi connectivity index (χ4v) is 4.99. The third-order valence-electron chi connectivity index (χ3n) is 4.74. The molecule has 1 aliphatic carbocycles. The Kier molecular flexibility index (Phi) is 3.24. The lowest BCUT2D eigenvalue weighted by Crippen LogP contribution is -2.07. The van der Waals surface area contributed by atoms with Crippen molar-refractivity contribution in [2.75, 3.05) is 0 Å². The van der Waals surface area contributed by atoms with Crippen molar-refractivity contribution in [2.24, 2.45) is 0 Å². The maximum absolute atomic E-state index is 5.41. The minimum atomic E-state index is 0.633. The Morgan fingerprint density at radius 2 is 1.75 bits per heavy atom. The van der Waals surface area contributed by atoms with Crippen molar-refractivity contribution in [1.82, 2.24) is 15.0 Å². The molecule has 0 spiro atoms. The second-order valence-electron chi connectivity index (χ2n) is 6.13. The molecule has 4 aromatic rings. The second kappa shape index (κ2) is 5.46. The molecular weight excluding hydrogens is 334 g/mol. The summed E-state index contributed by atoms with van der Waals surface area (Å²) in [6.45, 7) is 0. The first-order chi connectivity index (χ1) is 11.8. The van der Waals surface area contributed by atoms with Crippen LogP contribution in [0.15, 0.2) is 41.7 Å². The van der Waals surface area contributed by atoms with E-state index in [1.54, 1.807) is 17.7 Å². The third-order valence-corrected chi connectivity index (χ3v) is 6.25. The minimum absolute atomic E-state index is 0.633. The molecule has 3 nitrogen and oxygen atoms in total. The van der Waals surface area contributed by atoms with Crippen LogP contribution in [0, 0.1) is 0 Å². The lowest BCUT2D eigenvalue weighted by Gasteiger charge is -2.20. The number of pyridine rings is 1. The van der Waals surface area contributed by atoms with Crippen molar-refractivity contribution in [3.63, 3.8) is 0 Å². The van der Waals surface area contributed by atoms with Crippen LogP contribution in [0.3, 0.4) is 0 Å². The standard InChI is InChI=1S/C19H15N3S2/c23-18-17-16(20-10-21-18)14-12-8-4-5-9-13(12)15(22-19(14)24-17)11-6-2-1-3-7-11/h1-3,6-7,10H,4-5,8-9H2,(H,20,21,23)/p-1. The highest BCUT2D eigenvalue weighted by atomic mass is 32.1. The van der Waals surface area contributed by atoms with Crippen LogP contribution >= 0.6 is 11.3 Å². The van der Waals surface area contributed by atoms with Gasteiger partial charge >= 0.3 is 0 Å². The molecule has 0 amide bonds. The van der Waals surface area contributed by atoms with Gasteiger partial charge in [-0.2, -0.15) is 0 Å². The molecule has 1 aliphatic rings. The van der Waals surface area contributed by atoms with Crippen LogP contribution in [0.2, 0.25) is 0 Å². The number of benzene rings is 1. The van der Waals surface area contributed by atoms with E-state index >= 15 is 0 Å². The van der Waals surface area contributed by atoms with Gasteiger partial charge < -0.3 is 12.6 Å². The number of rotatable bonds is 1. The molecule has 5 rings (SSSR count). The average molecular weight is 348 g/mol. The molecule has 0 fully saturated rings. The summed E-state index contributed by atoms with van der Waals surface area (Å²) in [5.74, 6) is 0. The Balaban J connectivity index is 1.93. The molecule has 0 atom stereocenters. The van der Waals surface area contributed by atoms with E-state index in [4.69, 9.17) is 17.6 Å². The molecule has 0 N–H and O–H groups in total. The Hall–Kier alpha value is -2.11. The van der Waals surface area contributed by atoms with Gasteiger partial charge in [-0.15, -0.1) is 11.3 Å². The van der Waals surface area contributed by atoms with E-state index in [-0.39, 0.29) is 0 Å². The summed E-state index contributed by atoms with van der Waals surface area (Å²) in [7, 11) is 0. The monoisotopic (exact) mass is 348 g/mol. The summed E-state index contributed by atoms with van der Waals surface area (Å²) in [5, 5.41) is 1.84. The molecule has 3 aromatic heterocycles. The zero-order valence-corrected chi connectivity index (χ0v) is 14.6. The van der Waals surface area contributed by atoms with Crippen LogP contribution in [0.4, 0.5) is 0 Å². The number of nitrogens with zero attached hydrogens (tertiary/aromatic N) is 3. The summed E-state index contributed by atoms with van der Waals surface area (Å²) in [4.78, 5) is 14.8. The number of hydrogen-bond donors (Lipinski definition) is 0. The maximum atomic E-state index is 5.41. The first kappa shape index (κ1) is 14.3. The zero-order valence-electron chi connectivity index (χ0n) is 13.0. The van der Waals surface area contributed by atoms with Crippen LogP contribution in [0.5, 0.6) is 0 Å². The third kappa shape index (κ3) is 2.05. The van der Waals surface area contributed by atoms with Gasteiger partial charge in [0.2, 0.25) is 0 Å². The van der Waals surface area contributed by atoms with E-state index in [9.17, 15) is 0 Å². The van der Waals surface area contributed by atoms with Gasteiger partial charge in [-0.25, -0.2) is 9.97 Å². The highest BCUT2D eigenvalue weighted by molar-refractivity contribution is 7.59. The molecule has 0 aliphatic heterocycles. The molecular formula is C19H14N3S2-. The van der Waals surface area contributed by atoms with E-state index in [2.05, 4.69) is 34.2 Å². The van der Waals surface area contributed by atoms with Crippen LogP contribution in [-0.4, -0.2) is 15.0 Å². The van der Waals surface area contributed by atoms with Gasteiger partial charge in [-0.05, 0) is 36.8 Å². The molecule has 0 radical (unpaired) electrons. The van der Waals surface area contributed by atoms with Crippen LogP contribution in [-0.2, 0) is 25.5 Å². The molecule has 0 bridgehead atoms. The van der Waals surface area contributed by atoms with Gasteiger partial charge in [0.1, 0.15) is 11.2 Å². The fourth-order valence-electron chi connectivity index (χ4n) is 3.67. The highest BCUT2D eigenvalue weighted by Gasteiger charge is 2.22. The SMILES string of the molecule is [S-]c1ncnc2c1sc1nc(-c3ccccc3)c3c(c12)CCCC3. The maximum Gasteiger partial charge on any atom is 0.127 e. The molecule has 24 heavy (non-hydrogen) atoms. The average Bonchev–Trinajstić information content (AvgIpc) is 3.02.